The van der Waals surface area contributed by atoms with Crippen LogP contribution in [0.1, 0.15) is 478 Å². The third-order valence-electron chi connectivity index (χ3n) is 20.0. The zero-order valence-corrected chi connectivity index (χ0v) is 64.5. The Kier molecular flexibility index (Phi) is 86.3. The van der Waals surface area contributed by atoms with Crippen molar-refractivity contribution in [2.75, 3.05) is 26.2 Å². The van der Waals surface area contributed by atoms with Gasteiger partial charge in [0.25, 0.3) is 0 Å². The molecule has 0 radical (unpaired) electrons. The van der Waals surface area contributed by atoms with Crippen molar-refractivity contribution < 1.29 is 19.8 Å². The number of unbranched alkanes of at least 4 members (excludes halogenated alkanes) is 60. The molecular weight excluding hydrogens is 1120 g/mol. The number of hydrogen-bond donors (Lipinski definition) is 0. The minimum Gasteiger partial charge on any atom is -0.550 e. The SMILES string of the molecule is CCCCCCCCCCCCCCCCCCN(CCCCCCCCCCCCCCCCCC)C(C)CCC(=O)[O-].CCCCCCCCCCCCCCCCCCN(CCCCCCCCCCCCCCCCCC)C(C)CCC(=O)[O-].[Ca+2]. The zero-order chi connectivity index (χ0) is 64.4. The summed E-state index contributed by atoms with van der Waals surface area (Å²) in [5.74, 6) is -1.80. The summed E-state index contributed by atoms with van der Waals surface area (Å²) in [4.78, 5) is 27.2. The van der Waals surface area contributed by atoms with Gasteiger partial charge in [0.05, 0.1) is 0 Å². The van der Waals surface area contributed by atoms with E-state index >= 15 is 0 Å². The maximum atomic E-state index is 11.0. The molecule has 0 rings (SSSR count). The molecule has 0 aromatic heterocycles. The van der Waals surface area contributed by atoms with Crippen molar-refractivity contribution in [1.29, 1.82) is 0 Å². The van der Waals surface area contributed by atoms with Crippen LogP contribution in [0.4, 0.5) is 0 Å². The van der Waals surface area contributed by atoms with E-state index in [1.165, 1.54) is 411 Å². The van der Waals surface area contributed by atoms with E-state index in [-0.39, 0.29) is 50.6 Å². The Morgan fingerprint density at radius 3 is 0.449 bits per heavy atom. The molecule has 0 saturated heterocycles. The Labute approximate surface area is 591 Å². The van der Waals surface area contributed by atoms with Gasteiger partial charge in [-0.3, -0.25) is 0 Å². The molecule has 0 aliphatic rings. The quantitative estimate of drug-likeness (QED) is 0.0445. The third kappa shape index (κ3) is 80.5. The van der Waals surface area contributed by atoms with E-state index < -0.39 is 11.9 Å². The van der Waals surface area contributed by atoms with Crippen LogP contribution >= 0.6 is 0 Å². The third-order valence-corrected chi connectivity index (χ3v) is 20.0. The summed E-state index contributed by atoms with van der Waals surface area (Å²) >= 11 is 0. The monoisotopic (exact) mass is 1280 g/mol. The van der Waals surface area contributed by atoms with E-state index in [2.05, 4.69) is 51.3 Å². The van der Waals surface area contributed by atoms with Crippen molar-refractivity contribution in [3.05, 3.63) is 0 Å². The average molecular weight is 1280 g/mol. The van der Waals surface area contributed by atoms with Gasteiger partial charge in [0.2, 0.25) is 0 Å². The summed E-state index contributed by atoms with van der Waals surface area (Å²) in [6, 6.07) is 0.696. The number of rotatable bonds is 76. The zero-order valence-electron chi connectivity index (χ0n) is 62.3. The first-order valence-corrected chi connectivity index (χ1v) is 41.1. The molecule has 0 aromatic rings. The Morgan fingerprint density at radius 2 is 0.337 bits per heavy atom. The molecule has 0 bridgehead atoms. The molecule has 0 fully saturated rings. The molecule has 6 nitrogen and oxygen atoms in total. The van der Waals surface area contributed by atoms with Gasteiger partial charge in [-0.2, -0.15) is 0 Å². The predicted molar refractivity (Wildman–Crippen MR) is 394 cm³/mol. The fourth-order valence-electron chi connectivity index (χ4n) is 13.6. The first-order chi connectivity index (χ1) is 43.2. The van der Waals surface area contributed by atoms with Crippen molar-refractivity contribution in [1.82, 2.24) is 9.80 Å². The minimum atomic E-state index is -0.901. The van der Waals surface area contributed by atoms with Crippen LogP contribution in [-0.2, 0) is 9.59 Å². The first-order valence-electron chi connectivity index (χ1n) is 41.1. The van der Waals surface area contributed by atoms with Crippen molar-refractivity contribution in [2.45, 2.75) is 490 Å². The van der Waals surface area contributed by atoms with E-state index in [4.69, 9.17) is 0 Å². The van der Waals surface area contributed by atoms with Gasteiger partial charge in [0, 0.05) is 24.0 Å². The summed E-state index contributed by atoms with van der Waals surface area (Å²) in [5, 5.41) is 22.1. The number of carbonyl (C=O) groups excluding carboxylic acids is 2. The Balaban J connectivity index is -0.00000164. The number of aliphatic carboxylic acids is 2. The van der Waals surface area contributed by atoms with E-state index in [0.717, 1.165) is 39.0 Å². The van der Waals surface area contributed by atoms with Gasteiger partial charge in [-0.05, 0) is 91.4 Å². The van der Waals surface area contributed by atoms with Crippen LogP contribution in [0.3, 0.4) is 0 Å². The van der Waals surface area contributed by atoms with Crippen LogP contribution in [0, 0.1) is 0 Å². The smallest absolute Gasteiger partial charge is 0.550 e. The molecule has 0 spiro atoms. The van der Waals surface area contributed by atoms with Gasteiger partial charge in [0.15, 0.2) is 0 Å². The van der Waals surface area contributed by atoms with Crippen molar-refractivity contribution in [2.24, 2.45) is 0 Å². The summed E-state index contributed by atoms with van der Waals surface area (Å²) in [7, 11) is 0. The molecule has 0 aromatic carbocycles. The van der Waals surface area contributed by atoms with Gasteiger partial charge >= 0.3 is 37.7 Å². The number of carbonyl (C=O) groups is 2. The molecule has 0 heterocycles. The fourth-order valence-corrected chi connectivity index (χ4v) is 13.6. The molecule has 89 heavy (non-hydrogen) atoms. The topological polar surface area (TPSA) is 86.7 Å². The maximum absolute atomic E-state index is 11.0. The van der Waals surface area contributed by atoms with Crippen molar-refractivity contribution in [3.8, 4) is 0 Å². The Bertz CT molecular complexity index is 1130. The number of carboxylic acids is 2. The Hall–Kier alpha value is 0.120. The normalized spacial score (nSPS) is 12.2. The van der Waals surface area contributed by atoms with Crippen LogP contribution in [0.5, 0.6) is 0 Å². The van der Waals surface area contributed by atoms with Crippen LogP contribution in [0.15, 0.2) is 0 Å². The average Bonchev–Trinajstić information content (AvgIpc) is 3.52. The van der Waals surface area contributed by atoms with E-state index in [9.17, 15) is 19.8 Å². The van der Waals surface area contributed by atoms with Crippen LogP contribution < -0.4 is 10.2 Å². The predicted octanol–water partition coefficient (Wildman–Crippen LogP) is 25.1. The van der Waals surface area contributed by atoms with Crippen LogP contribution in [0.25, 0.3) is 0 Å². The van der Waals surface area contributed by atoms with E-state index in [0.29, 0.717) is 12.1 Å². The molecular formula is C82H164CaN2O4. The number of carboxylic acid groups (broad SMARTS) is 2. The number of hydrogen-bond acceptors (Lipinski definition) is 6. The van der Waals surface area contributed by atoms with Crippen LogP contribution in [0.2, 0.25) is 0 Å². The van der Waals surface area contributed by atoms with Crippen LogP contribution in [-0.4, -0.2) is 97.7 Å². The second kappa shape index (κ2) is 82.4. The molecule has 0 aliphatic carbocycles. The van der Waals surface area contributed by atoms with E-state index in [1.54, 1.807) is 0 Å². The first kappa shape index (κ1) is 93.3. The van der Waals surface area contributed by atoms with Crippen molar-refractivity contribution >= 4 is 49.7 Å². The molecule has 7 heteroatoms. The van der Waals surface area contributed by atoms with Crippen molar-refractivity contribution in [3.63, 3.8) is 0 Å². The van der Waals surface area contributed by atoms with Gasteiger partial charge < -0.3 is 29.6 Å². The molecule has 528 valence electrons. The molecule has 0 N–H and O–H groups in total. The number of nitrogens with zero attached hydrogens (tertiary/aromatic N) is 2. The van der Waals surface area contributed by atoms with Gasteiger partial charge in [-0.25, -0.2) is 0 Å². The maximum Gasteiger partial charge on any atom is 2.00 e. The second-order valence-electron chi connectivity index (χ2n) is 28.8. The summed E-state index contributed by atoms with van der Waals surface area (Å²) < 4.78 is 0. The molecule has 2 unspecified atom stereocenters. The molecule has 0 amide bonds. The second-order valence-corrected chi connectivity index (χ2v) is 28.8. The standard InChI is InChI=1S/2C41H83NO2.Ca/c2*1-4-6-8-10-12-14-16-18-20-22-24-26-28-30-32-34-38-42(40(3)36-37-41(43)44)39-35-33-31-29-27-25-23-21-19-17-15-13-11-9-7-5-2;/h2*40H,4-39H2,1-3H3,(H,43,44);/q;;+2/p-2. The summed E-state index contributed by atoms with van der Waals surface area (Å²) in [6.45, 7) is 18.1. The molecule has 0 saturated carbocycles. The molecule has 2 atom stereocenters. The largest absolute Gasteiger partial charge is 2.00 e. The molecule has 0 aliphatic heterocycles. The Morgan fingerprint density at radius 1 is 0.225 bits per heavy atom. The van der Waals surface area contributed by atoms with Gasteiger partial charge in [-0.1, -0.05) is 413 Å². The van der Waals surface area contributed by atoms with Gasteiger partial charge in [-0.15, -0.1) is 0 Å². The van der Waals surface area contributed by atoms with Gasteiger partial charge in [0.1, 0.15) is 0 Å². The summed E-state index contributed by atoms with van der Waals surface area (Å²) in [6.07, 6.45) is 91.7. The fraction of sp³-hybridized carbons (Fsp3) is 0.976. The summed E-state index contributed by atoms with van der Waals surface area (Å²) in [5.41, 5.74) is 0. The van der Waals surface area contributed by atoms with E-state index in [1.807, 2.05) is 0 Å². The minimum absolute atomic E-state index is 0.